The smallest absolute Gasteiger partial charge is 0.321 e. The molecule has 1 amide bonds. The zero-order valence-corrected chi connectivity index (χ0v) is 13.6. The fraction of sp³-hybridized carbons (Fsp3) is 0.188. The summed E-state index contributed by atoms with van der Waals surface area (Å²) in [5.41, 5.74) is 6.41. The van der Waals surface area contributed by atoms with E-state index in [4.69, 9.17) is 5.73 Å². The van der Waals surface area contributed by atoms with Gasteiger partial charge in [0.25, 0.3) is 5.69 Å². The highest BCUT2D eigenvalue weighted by molar-refractivity contribution is 5.96. The molecule has 2 aromatic rings. The summed E-state index contributed by atoms with van der Waals surface area (Å²) >= 11 is 0. The van der Waals surface area contributed by atoms with Gasteiger partial charge in [-0.1, -0.05) is 6.07 Å². The number of nitro groups is 1. The Labute approximate surface area is 148 Å². The molecular weight excluding hydrogens is 342 g/mol. The molecule has 0 saturated carbocycles. The van der Waals surface area contributed by atoms with E-state index in [-0.39, 0.29) is 30.0 Å². The van der Waals surface area contributed by atoms with Gasteiger partial charge in [-0.15, -0.1) is 0 Å². The van der Waals surface area contributed by atoms with Crippen LogP contribution in [0.2, 0.25) is 0 Å². The first kappa shape index (κ1) is 18.8. The van der Waals surface area contributed by atoms with Crippen LogP contribution < -0.4 is 16.4 Å². The van der Waals surface area contributed by atoms with Gasteiger partial charge in [0.05, 0.1) is 22.7 Å². The van der Waals surface area contributed by atoms with E-state index < -0.39 is 22.8 Å². The standard InChI is InChI=1S/C16H17N5O5/c17-12-4-3-11(21(25)26)6-13(12)20-15(22)7-14(16(23)24)19-9-10-2-1-5-18-8-10/h1-6,8,14,19H,7,9,17H2,(H,20,22)(H,23,24). The number of nitrogens with zero attached hydrogens (tertiary/aromatic N) is 2. The van der Waals surface area contributed by atoms with E-state index in [9.17, 15) is 24.8 Å². The Bertz CT molecular complexity index is 812. The molecule has 5 N–H and O–H groups in total. The lowest BCUT2D eigenvalue weighted by atomic mass is 10.1. The number of carboxylic acids is 1. The third kappa shape index (κ3) is 5.24. The first-order valence-corrected chi connectivity index (χ1v) is 7.55. The predicted molar refractivity (Wildman–Crippen MR) is 93.3 cm³/mol. The Morgan fingerprint density at radius 2 is 2.12 bits per heavy atom. The molecule has 1 atom stereocenters. The van der Waals surface area contributed by atoms with Crippen molar-refractivity contribution in [1.29, 1.82) is 0 Å². The maximum Gasteiger partial charge on any atom is 0.321 e. The molecule has 0 radical (unpaired) electrons. The average Bonchev–Trinajstić information content (AvgIpc) is 2.61. The lowest BCUT2D eigenvalue weighted by Gasteiger charge is -2.15. The molecule has 10 nitrogen and oxygen atoms in total. The zero-order valence-electron chi connectivity index (χ0n) is 13.6. The number of hydrogen-bond donors (Lipinski definition) is 4. The predicted octanol–water partition coefficient (Wildman–Crippen LogP) is 1.14. The normalized spacial score (nSPS) is 11.5. The summed E-state index contributed by atoms with van der Waals surface area (Å²) in [7, 11) is 0. The van der Waals surface area contributed by atoms with Crippen molar-refractivity contribution in [2.75, 3.05) is 11.1 Å². The van der Waals surface area contributed by atoms with E-state index in [1.807, 2.05) is 0 Å². The summed E-state index contributed by atoms with van der Waals surface area (Å²) in [6.45, 7) is 0.219. The molecule has 1 aromatic heterocycles. The Hall–Kier alpha value is -3.53. The third-order valence-electron chi connectivity index (χ3n) is 3.48. The molecule has 0 saturated heterocycles. The van der Waals surface area contributed by atoms with Gasteiger partial charge in [-0.25, -0.2) is 0 Å². The molecule has 0 aliphatic carbocycles. The Morgan fingerprint density at radius 3 is 2.73 bits per heavy atom. The van der Waals surface area contributed by atoms with Gasteiger partial charge >= 0.3 is 5.97 Å². The number of aliphatic carboxylic acids is 1. The topological polar surface area (TPSA) is 160 Å². The number of benzene rings is 1. The summed E-state index contributed by atoms with van der Waals surface area (Å²) in [5, 5.41) is 25.2. The Morgan fingerprint density at radius 1 is 1.35 bits per heavy atom. The molecule has 0 aliphatic heterocycles. The summed E-state index contributed by atoms with van der Waals surface area (Å²) in [5.74, 6) is -1.83. The quantitative estimate of drug-likeness (QED) is 0.310. The number of rotatable bonds is 8. The number of amides is 1. The number of hydrogen-bond acceptors (Lipinski definition) is 7. The number of anilines is 2. The molecule has 1 unspecified atom stereocenters. The highest BCUT2D eigenvalue weighted by atomic mass is 16.6. The van der Waals surface area contributed by atoms with E-state index in [1.165, 1.54) is 12.1 Å². The van der Waals surface area contributed by atoms with Crippen LogP contribution in [0.15, 0.2) is 42.7 Å². The molecule has 0 bridgehead atoms. The van der Waals surface area contributed by atoms with Crippen molar-refractivity contribution >= 4 is 28.9 Å². The molecular formula is C16H17N5O5. The fourth-order valence-electron chi connectivity index (χ4n) is 2.14. The van der Waals surface area contributed by atoms with Crippen LogP contribution in [0.25, 0.3) is 0 Å². The molecule has 26 heavy (non-hydrogen) atoms. The fourth-order valence-corrected chi connectivity index (χ4v) is 2.14. The van der Waals surface area contributed by atoms with Crippen molar-refractivity contribution in [1.82, 2.24) is 10.3 Å². The summed E-state index contributed by atoms with van der Waals surface area (Å²) in [6, 6.07) is 5.96. The SMILES string of the molecule is Nc1ccc([N+](=O)[O-])cc1NC(=O)CC(NCc1cccnc1)C(=O)O. The number of nitro benzene ring substituents is 1. The summed E-state index contributed by atoms with van der Waals surface area (Å²) in [6.07, 6.45) is 2.79. The maximum atomic E-state index is 12.1. The molecule has 1 aromatic carbocycles. The average molecular weight is 359 g/mol. The van der Waals surface area contributed by atoms with E-state index >= 15 is 0 Å². The number of carboxylic acid groups (broad SMARTS) is 1. The van der Waals surface area contributed by atoms with Crippen molar-refractivity contribution in [2.24, 2.45) is 0 Å². The first-order chi connectivity index (χ1) is 12.4. The summed E-state index contributed by atoms with van der Waals surface area (Å²) < 4.78 is 0. The van der Waals surface area contributed by atoms with Crippen LogP contribution in [0.3, 0.4) is 0 Å². The third-order valence-corrected chi connectivity index (χ3v) is 3.48. The lowest BCUT2D eigenvalue weighted by Crippen LogP contribution is -2.39. The number of non-ortho nitro benzene ring substituents is 1. The minimum atomic E-state index is -1.20. The molecule has 10 heteroatoms. The van der Waals surface area contributed by atoms with Crippen molar-refractivity contribution in [3.63, 3.8) is 0 Å². The van der Waals surface area contributed by atoms with Crippen molar-refractivity contribution in [3.8, 4) is 0 Å². The van der Waals surface area contributed by atoms with Crippen LogP contribution in [-0.2, 0) is 16.1 Å². The van der Waals surface area contributed by atoms with Gasteiger partial charge in [0.2, 0.25) is 5.91 Å². The zero-order chi connectivity index (χ0) is 19.1. The van der Waals surface area contributed by atoms with Gasteiger partial charge in [-0.3, -0.25) is 30.0 Å². The van der Waals surface area contributed by atoms with Crippen LogP contribution in [0.5, 0.6) is 0 Å². The number of carbonyl (C=O) groups excluding carboxylic acids is 1. The van der Waals surface area contributed by atoms with Gasteiger partial charge in [0.1, 0.15) is 6.04 Å². The minimum Gasteiger partial charge on any atom is -0.480 e. The molecule has 0 fully saturated rings. The number of nitrogens with two attached hydrogens (primary N) is 1. The van der Waals surface area contributed by atoms with Gasteiger partial charge in [0, 0.05) is 31.1 Å². The van der Waals surface area contributed by atoms with Crippen LogP contribution in [0.4, 0.5) is 17.1 Å². The molecule has 0 aliphatic rings. The second-order valence-corrected chi connectivity index (χ2v) is 5.41. The number of nitrogens with one attached hydrogen (secondary N) is 2. The minimum absolute atomic E-state index is 0.0561. The monoisotopic (exact) mass is 359 g/mol. The van der Waals surface area contributed by atoms with Gasteiger partial charge in [-0.2, -0.15) is 0 Å². The van der Waals surface area contributed by atoms with Gasteiger partial charge < -0.3 is 16.2 Å². The van der Waals surface area contributed by atoms with E-state index in [0.717, 1.165) is 11.6 Å². The van der Waals surface area contributed by atoms with Crippen LogP contribution >= 0.6 is 0 Å². The van der Waals surface area contributed by atoms with E-state index in [0.29, 0.717) is 0 Å². The first-order valence-electron chi connectivity index (χ1n) is 7.55. The second kappa shape index (κ2) is 8.53. The van der Waals surface area contributed by atoms with Crippen molar-refractivity contribution in [3.05, 3.63) is 58.4 Å². The van der Waals surface area contributed by atoms with Crippen LogP contribution in [-0.4, -0.2) is 32.9 Å². The summed E-state index contributed by atoms with van der Waals surface area (Å²) in [4.78, 5) is 37.6. The van der Waals surface area contributed by atoms with E-state index in [1.54, 1.807) is 24.5 Å². The van der Waals surface area contributed by atoms with Gasteiger partial charge in [0.15, 0.2) is 0 Å². The molecule has 136 valence electrons. The lowest BCUT2D eigenvalue weighted by molar-refractivity contribution is -0.384. The Kier molecular flexibility index (Phi) is 6.17. The Balaban J connectivity index is 2.00. The second-order valence-electron chi connectivity index (χ2n) is 5.41. The molecule has 1 heterocycles. The van der Waals surface area contributed by atoms with Crippen LogP contribution in [0.1, 0.15) is 12.0 Å². The number of aromatic nitrogens is 1. The number of pyridine rings is 1. The van der Waals surface area contributed by atoms with Gasteiger partial charge in [-0.05, 0) is 17.7 Å². The van der Waals surface area contributed by atoms with Crippen LogP contribution in [0, 0.1) is 10.1 Å². The number of carbonyl (C=O) groups is 2. The van der Waals surface area contributed by atoms with Crippen molar-refractivity contribution < 1.29 is 19.6 Å². The highest BCUT2D eigenvalue weighted by Crippen LogP contribution is 2.24. The van der Waals surface area contributed by atoms with E-state index in [2.05, 4.69) is 15.6 Å². The number of nitrogen functional groups attached to an aromatic ring is 1. The molecule has 0 spiro atoms. The maximum absolute atomic E-state index is 12.1. The largest absolute Gasteiger partial charge is 0.480 e. The van der Waals surface area contributed by atoms with Crippen molar-refractivity contribution in [2.45, 2.75) is 19.0 Å². The highest BCUT2D eigenvalue weighted by Gasteiger charge is 2.21. The molecule has 2 rings (SSSR count).